The number of halogens is 2. The topological polar surface area (TPSA) is 124 Å². The molecule has 0 unspecified atom stereocenters. The van der Waals surface area contributed by atoms with Gasteiger partial charge in [0.15, 0.2) is 21.5 Å². The van der Waals surface area contributed by atoms with E-state index in [4.69, 9.17) is 24.3 Å². The Labute approximate surface area is 271 Å². The van der Waals surface area contributed by atoms with Crippen LogP contribution in [0, 0.1) is 11.6 Å². The predicted octanol–water partition coefficient (Wildman–Crippen LogP) is 5.17. The number of ether oxygens (including phenoxy) is 3. The van der Waals surface area contributed by atoms with E-state index in [0.717, 1.165) is 18.2 Å². The number of benzene rings is 4. The Hall–Kier alpha value is -4.81. The average Bonchev–Trinajstić information content (AvgIpc) is 3.49. The van der Waals surface area contributed by atoms with Gasteiger partial charge in [-0.2, -0.15) is 0 Å². The summed E-state index contributed by atoms with van der Waals surface area (Å²) in [5, 5.41) is 11.7. The van der Waals surface area contributed by atoms with Gasteiger partial charge in [-0.3, -0.25) is 4.79 Å². The van der Waals surface area contributed by atoms with E-state index < -0.39 is 44.8 Å². The highest BCUT2D eigenvalue weighted by Gasteiger charge is 2.53. The molecule has 0 fully saturated rings. The molecular formula is C35H34F2N2O7S. The van der Waals surface area contributed by atoms with Gasteiger partial charge < -0.3 is 24.6 Å². The highest BCUT2D eigenvalue weighted by atomic mass is 32.2. The van der Waals surface area contributed by atoms with E-state index in [9.17, 15) is 22.0 Å². The number of nitrogens with zero attached hydrogens (tertiary/aromatic N) is 1. The highest BCUT2D eigenvalue weighted by molar-refractivity contribution is 7.91. The Bertz CT molecular complexity index is 1840. The lowest BCUT2D eigenvalue weighted by Crippen LogP contribution is -2.49. The maximum atomic E-state index is 14.5. The summed E-state index contributed by atoms with van der Waals surface area (Å²) in [5.74, 6) is -1.53. The van der Waals surface area contributed by atoms with Crippen molar-refractivity contribution in [3.8, 4) is 11.5 Å². The van der Waals surface area contributed by atoms with Crippen molar-refractivity contribution in [1.82, 2.24) is 5.32 Å². The van der Waals surface area contributed by atoms with Crippen LogP contribution >= 0.6 is 0 Å². The van der Waals surface area contributed by atoms with Crippen molar-refractivity contribution >= 4 is 21.6 Å². The monoisotopic (exact) mass is 664 g/mol. The minimum absolute atomic E-state index is 0.00954. The third kappa shape index (κ3) is 7.78. The van der Waals surface area contributed by atoms with E-state index in [1.54, 1.807) is 66.7 Å². The van der Waals surface area contributed by atoms with Gasteiger partial charge >= 0.3 is 0 Å². The van der Waals surface area contributed by atoms with Crippen molar-refractivity contribution in [2.24, 2.45) is 4.99 Å². The molecule has 2 atom stereocenters. The molecule has 0 radical (unpaired) electrons. The molecule has 5 rings (SSSR count). The Balaban J connectivity index is 1.57. The van der Waals surface area contributed by atoms with E-state index in [1.165, 1.54) is 19.2 Å². The first-order valence-corrected chi connectivity index (χ1v) is 16.5. The van der Waals surface area contributed by atoms with Crippen molar-refractivity contribution in [1.29, 1.82) is 0 Å². The van der Waals surface area contributed by atoms with Gasteiger partial charge in [-0.25, -0.2) is 22.2 Å². The maximum Gasteiger partial charge on any atom is 0.252 e. The number of nitrogens with one attached hydrogen (secondary N) is 1. The fraction of sp³-hybridized carbons (Fsp3) is 0.257. The molecule has 1 amide bonds. The molecule has 9 nitrogen and oxygen atoms in total. The fourth-order valence-corrected chi connectivity index (χ4v) is 6.61. The standard InChI is InChI=1S/C35H34F2N2O7S/c1-44-29-8-5-7-25(22-29)32-35(17-20-47(42,43)30-9-3-2-4-10-30,34(41)38-23-26-21-27(36)13-16-31(26)37)39-33(46-32)24-11-14-28(15-12-24)45-19-6-18-40/h2-5,7-16,21-22,32,40H,6,17-20,23H2,1H3,(H,38,41)/t32-,35-/m1/s1. The molecule has 2 N–H and O–H groups in total. The molecule has 0 saturated heterocycles. The number of methoxy groups -OCH3 is 1. The van der Waals surface area contributed by atoms with Gasteiger partial charge in [-0.05, 0) is 72.3 Å². The first-order chi connectivity index (χ1) is 22.6. The molecule has 1 aliphatic heterocycles. The Morgan fingerprint density at radius 1 is 0.979 bits per heavy atom. The summed E-state index contributed by atoms with van der Waals surface area (Å²) < 4.78 is 72.9. The molecular weight excluding hydrogens is 630 g/mol. The summed E-state index contributed by atoms with van der Waals surface area (Å²) >= 11 is 0. The Kier molecular flexibility index (Phi) is 10.5. The zero-order chi connectivity index (χ0) is 33.4. The molecule has 4 aromatic carbocycles. The number of sulfone groups is 1. The molecule has 0 aromatic heterocycles. The van der Waals surface area contributed by atoms with Gasteiger partial charge in [0, 0.05) is 37.1 Å². The number of carbonyl (C=O) groups is 1. The molecule has 0 spiro atoms. The van der Waals surface area contributed by atoms with Crippen molar-refractivity contribution in [2.75, 3.05) is 26.1 Å². The second-order valence-corrected chi connectivity index (χ2v) is 13.0. The third-order valence-corrected chi connectivity index (χ3v) is 9.46. The number of carbonyl (C=O) groups excluding carboxylic acids is 1. The molecule has 4 aromatic rings. The SMILES string of the molecule is COc1cccc([C@H]2OC(c3ccc(OCCCO)cc3)=N[C@@]2(CCS(=O)(=O)c2ccccc2)C(=O)NCc2cc(F)ccc2F)c1. The lowest BCUT2D eigenvalue weighted by Gasteiger charge is -2.31. The molecule has 0 aliphatic carbocycles. The van der Waals surface area contributed by atoms with Crippen LogP contribution in [0.25, 0.3) is 0 Å². The van der Waals surface area contributed by atoms with E-state index in [1.807, 2.05) is 0 Å². The van der Waals surface area contributed by atoms with Crippen LogP contribution in [0.3, 0.4) is 0 Å². The van der Waals surface area contributed by atoms with Crippen LogP contribution in [0.2, 0.25) is 0 Å². The van der Waals surface area contributed by atoms with Gasteiger partial charge in [0.25, 0.3) is 5.91 Å². The summed E-state index contributed by atoms with van der Waals surface area (Å²) in [6.45, 7) is -0.0775. The van der Waals surface area contributed by atoms with Gasteiger partial charge in [0.1, 0.15) is 23.1 Å². The average molecular weight is 665 g/mol. The smallest absolute Gasteiger partial charge is 0.252 e. The van der Waals surface area contributed by atoms with Crippen molar-refractivity contribution in [2.45, 2.75) is 35.9 Å². The highest BCUT2D eigenvalue weighted by Crippen LogP contribution is 2.44. The Morgan fingerprint density at radius 2 is 1.74 bits per heavy atom. The minimum Gasteiger partial charge on any atom is -0.497 e. The van der Waals surface area contributed by atoms with Crippen LogP contribution in [0.5, 0.6) is 11.5 Å². The number of aliphatic hydroxyl groups excluding tert-OH is 1. The van der Waals surface area contributed by atoms with Crippen LogP contribution in [0.15, 0.2) is 107 Å². The van der Waals surface area contributed by atoms with Crippen molar-refractivity contribution in [3.63, 3.8) is 0 Å². The van der Waals surface area contributed by atoms with E-state index in [2.05, 4.69) is 5.32 Å². The molecule has 47 heavy (non-hydrogen) atoms. The zero-order valence-corrected chi connectivity index (χ0v) is 26.4. The lowest BCUT2D eigenvalue weighted by atomic mass is 9.85. The molecule has 246 valence electrons. The van der Waals surface area contributed by atoms with Crippen molar-refractivity contribution < 1.29 is 41.3 Å². The summed E-state index contributed by atoms with van der Waals surface area (Å²) in [7, 11) is -2.40. The molecule has 0 saturated carbocycles. The van der Waals surface area contributed by atoms with Crippen LogP contribution in [0.1, 0.15) is 35.6 Å². The number of hydrogen-bond acceptors (Lipinski definition) is 8. The van der Waals surface area contributed by atoms with Gasteiger partial charge in [-0.15, -0.1) is 0 Å². The molecule has 12 heteroatoms. The normalized spacial score (nSPS) is 17.4. The largest absolute Gasteiger partial charge is 0.497 e. The van der Waals surface area contributed by atoms with Gasteiger partial charge in [0.05, 0.1) is 24.4 Å². The van der Waals surface area contributed by atoms with Crippen LogP contribution in [-0.2, 0) is 25.9 Å². The first kappa shape index (κ1) is 33.6. The molecule has 1 aliphatic rings. The number of aliphatic hydroxyl groups is 1. The van der Waals surface area contributed by atoms with E-state index in [-0.39, 0.29) is 35.9 Å². The Morgan fingerprint density at radius 3 is 2.47 bits per heavy atom. The van der Waals surface area contributed by atoms with Crippen LogP contribution in [-0.4, -0.2) is 56.9 Å². The zero-order valence-electron chi connectivity index (χ0n) is 25.6. The van der Waals surface area contributed by atoms with Crippen molar-refractivity contribution in [3.05, 3.63) is 125 Å². The number of rotatable bonds is 14. The van der Waals surface area contributed by atoms with Gasteiger partial charge in [0.2, 0.25) is 5.90 Å². The lowest BCUT2D eigenvalue weighted by molar-refractivity contribution is -0.129. The summed E-state index contributed by atoms with van der Waals surface area (Å²) in [4.78, 5) is 19.2. The van der Waals surface area contributed by atoms with E-state index in [0.29, 0.717) is 35.7 Å². The number of amides is 1. The van der Waals surface area contributed by atoms with Crippen LogP contribution in [0.4, 0.5) is 8.78 Å². The predicted molar refractivity (Wildman–Crippen MR) is 171 cm³/mol. The number of aliphatic imine (C=N–C) groups is 1. The fourth-order valence-electron chi connectivity index (χ4n) is 5.22. The maximum absolute atomic E-state index is 14.5. The second-order valence-electron chi connectivity index (χ2n) is 10.9. The molecule has 1 heterocycles. The molecule has 0 bridgehead atoms. The minimum atomic E-state index is -3.89. The van der Waals surface area contributed by atoms with E-state index >= 15 is 0 Å². The van der Waals surface area contributed by atoms with Crippen LogP contribution < -0.4 is 14.8 Å². The summed E-state index contributed by atoms with van der Waals surface area (Å²) in [5.41, 5.74) is -0.979. The summed E-state index contributed by atoms with van der Waals surface area (Å²) in [6, 6.07) is 24.3. The van der Waals surface area contributed by atoms with Gasteiger partial charge in [-0.1, -0.05) is 30.3 Å². The quantitative estimate of drug-likeness (QED) is 0.178. The first-order valence-electron chi connectivity index (χ1n) is 14.9. The summed E-state index contributed by atoms with van der Waals surface area (Å²) in [6.07, 6.45) is -0.977. The third-order valence-electron chi connectivity index (χ3n) is 7.73. The number of hydrogen-bond donors (Lipinski definition) is 2. The second kappa shape index (κ2) is 14.7.